The van der Waals surface area contributed by atoms with Gasteiger partial charge in [0.2, 0.25) is 0 Å². The molecule has 2 saturated heterocycles. The number of nitrogens with one attached hydrogen (secondary N) is 1. The molecule has 0 aliphatic carbocycles. The van der Waals surface area contributed by atoms with Crippen LogP contribution in [-0.4, -0.2) is 101 Å². The maximum atomic E-state index is 6.00. The van der Waals surface area contributed by atoms with Gasteiger partial charge in [0.1, 0.15) is 0 Å². The van der Waals surface area contributed by atoms with E-state index in [1.165, 1.54) is 0 Å². The molecule has 0 radical (unpaired) electrons. The third-order valence-electron chi connectivity index (χ3n) is 5.64. The van der Waals surface area contributed by atoms with Crippen molar-refractivity contribution in [1.29, 1.82) is 0 Å². The minimum atomic E-state index is 0. The van der Waals surface area contributed by atoms with E-state index in [1.54, 1.807) is 7.11 Å². The number of halogens is 1. The Morgan fingerprint density at radius 2 is 1.83 bits per heavy atom. The van der Waals surface area contributed by atoms with Gasteiger partial charge in [0.25, 0.3) is 0 Å². The Bertz CT molecular complexity index is 440. The van der Waals surface area contributed by atoms with Crippen LogP contribution in [-0.2, 0) is 14.2 Å². The summed E-state index contributed by atoms with van der Waals surface area (Å²) in [6, 6.07) is 0.471. The summed E-state index contributed by atoms with van der Waals surface area (Å²) in [6.45, 7) is 15.8. The predicted octanol–water partition coefficient (Wildman–Crippen LogP) is 2.44. The standard InChI is InChI=1S/C21H42N4O3.HI/c1-5-22-21(23-17-20(18(2)3)24-11-15-27-16-12-24)25-9-7-19(8-10-25)28-14-6-13-26-4;/h18-20H,5-17H2,1-4H3,(H,22,23);1H. The average molecular weight is 527 g/mol. The summed E-state index contributed by atoms with van der Waals surface area (Å²) < 4.78 is 16.6. The number of guanidine groups is 1. The number of aliphatic imine (C=N–C) groups is 1. The lowest BCUT2D eigenvalue weighted by atomic mass is 10.0. The molecule has 0 aromatic rings. The molecule has 0 aromatic carbocycles. The lowest BCUT2D eigenvalue weighted by Crippen LogP contribution is -2.49. The molecule has 0 saturated carbocycles. The summed E-state index contributed by atoms with van der Waals surface area (Å²) >= 11 is 0. The maximum absolute atomic E-state index is 6.00. The van der Waals surface area contributed by atoms with Gasteiger partial charge >= 0.3 is 0 Å². The minimum Gasteiger partial charge on any atom is -0.385 e. The molecule has 2 fully saturated rings. The monoisotopic (exact) mass is 526 g/mol. The highest BCUT2D eigenvalue weighted by atomic mass is 127. The quantitative estimate of drug-likeness (QED) is 0.204. The second-order valence-electron chi connectivity index (χ2n) is 8.06. The molecule has 0 aromatic heterocycles. The number of nitrogens with zero attached hydrogens (tertiary/aromatic N) is 3. The maximum Gasteiger partial charge on any atom is 0.193 e. The van der Waals surface area contributed by atoms with E-state index in [2.05, 4.69) is 35.9 Å². The molecule has 2 heterocycles. The van der Waals surface area contributed by atoms with Gasteiger partial charge in [0.05, 0.1) is 25.9 Å². The van der Waals surface area contributed by atoms with Gasteiger partial charge in [0, 0.05) is 59.1 Å². The van der Waals surface area contributed by atoms with Crippen molar-refractivity contribution in [2.24, 2.45) is 10.9 Å². The van der Waals surface area contributed by atoms with Crippen LogP contribution in [0.5, 0.6) is 0 Å². The number of hydrogen-bond donors (Lipinski definition) is 1. The molecular formula is C21H43IN4O3. The van der Waals surface area contributed by atoms with Gasteiger partial charge in [-0.25, -0.2) is 0 Å². The third kappa shape index (κ3) is 9.67. The van der Waals surface area contributed by atoms with Crippen molar-refractivity contribution in [2.45, 2.75) is 52.2 Å². The van der Waals surface area contributed by atoms with Crippen LogP contribution in [0.4, 0.5) is 0 Å². The van der Waals surface area contributed by atoms with E-state index in [0.717, 1.165) is 90.9 Å². The molecule has 8 heteroatoms. The molecule has 1 N–H and O–H groups in total. The van der Waals surface area contributed by atoms with E-state index in [-0.39, 0.29) is 24.0 Å². The Balaban J connectivity index is 0.00000420. The van der Waals surface area contributed by atoms with Crippen molar-refractivity contribution in [3.8, 4) is 0 Å². The van der Waals surface area contributed by atoms with Gasteiger partial charge in [-0.2, -0.15) is 0 Å². The van der Waals surface area contributed by atoms with E-state index in [0.29, 0.717) is 18.1 Å². The summed E-state index contributed by atoms with van der Waals surface area (Å²) in [5, 5.41) is 3.50. The summed E-state index contributed by atoms with van der Waals surface area (Å²) in [7, 11) is 1.74. The first-order valence-corrected chi connectivity index (χ1v) is 11.1. The van der Waals surface area contributed by atoms with Crippen molar-refractivity contribution in [3.05, 3.63) is 0 Å². The Morgan fingerprint density at radius 1 is 1.14 bits per heavy atom. The van der Waals surface area contributed by atoms with Crippen LogP contribution in [0.1, 0.15) is 40.0 Å². The fourth-order valence-electron chi connectivity index (χ4n) is 3.95. The zero-order chi connectivity index (χ0) is 20.2. The number of hydrogen-bond acceptors (Lipinski definition) is 5. The van der Waals surface area contributed by atoms with E-state index < -0.39 is 0 Å². The molecule has 7 nitrogen and oxygen atoms in total. The summed E-state index contributed by atoms with van der Waals surface area (Å²) in [5.41, 5.74) is 0. The smallest absolute Gasteiger partial charge is 0.193 e. The third-order valence-corrected chi connectivity index (χ3v) is 5.64. The fraction of sp³-hybridized carbons (Fsp3) is 0.952. The van der Waals surface area contributed by atoms with Gasteiger partial charge in [-0.1, -0.05) is 13.8 Å². The summed E-state index contributed by atoms with van der Waals surface area (Å²) in [5.74, 6) is 1.63. The van der Waals surface area contributed by atoms with Crippen LogP contribution in [0.3, 0.4) is 0 Å². The van der Waals surface area contributed by atoms with Gasteiger partial charge in [-0.15, -0.1) is 24.0 Å². The Kier molecular flexibility index (Phi) is 14.5. The minimum absolute atomic E-state index is 0. The normalized spacial score (nSPS) is 20.6. The van der Waals surface area contributed by atoms with Crippen molar-refractivity contribution in [3.63, 3.8) is 0 Å². The molecule has 2 aliphatic heterocycles. The first-order valence-electron chi connectivity index (χ1n) is 11.1. The summed E-state index contributed by atoms with van der Waals surface area (Å²) in [4.78, 5) is 9.98. The van der Waals surface area contributed by atoms with Crippen LogP contribution in [0.15, 0.2) is 4.99 Å². The first-order chi connectivity index (χ1) is 13.7. The average Bonchev–Trinajstić information content (AvgIpc) is 2.72. The first kappa shape index (κ1) is 26.9. The molecule has 0 bridgehead atoms. The highest BCUT2D eigenvalue weighted by Crippen LogP contribution is 2.16. The second kappa shape index (κ2) is 15.6. The van der Waals surface area contributed by atoms with E-state index in [1.807, 2.05) is 0 Å². The number of methoxy groups -OCH3 is 1. The molecule has 2 aliphatic rings. The lowest BCUT2D eigenvalue weighted by molar-refractivity contribution is 0.00770. The molecule has 172 valence electrons. The van der Waals surface area contributed by atoms with Crippen LogP contribution >= 0.6 is 24.0 Å². The molecule has 0 spiro atoms. The van der Waals surface area contributed by atoms with E-state index >= 15 is 0 Å². The Morgan fingerprint density at radius 3 is 2.41 bits per heavy atom. The van der Waals surface area contributed by atoms with Gasteiger partial charge < -0.3 is 24.4 Å². The molecule has 1 atom stereocenters. The molecule has 1 unspecified atom stereocenters. The van der Waals surface area contributed by atoms with E-state index in [9.17, 15) is 0 Å². The van der Waals surface area contributed by atoms with Gasteiger partial charge in [0.15, 0.2) is 5.96 Å². The zero-order valence-electron chi connectivity index (χ0n) is 18.9. The van der Waals surface area contributed by atoms with Crippen molar-refractivity contribution >= 4 is 29.9 Å². The highest BCUT2D eigenvalue weighted by molar-refractivity contribution is 14.0. The zero-order valence-corrected chi connectivity index (χ0v) is 21.2. The lowest BCUT2D eigenvalue weighted by Gasteiger charge is -2.37. The predicted molar refractivity (Wildman–Crippen MR) is 129 cm³/mol. The van der Waals surface area contributed by atoms with Crippen LogP contribution in [0.2, 0.25) is 0 Å². The second-order valence-corrected chi connectivity index (χ2v) is 8.06. The van der Waals surface area contributed by atoms with Crippen molar-refractivity contribution in [1.82, 2.24) is 15.1 Å². The number of rotatable bonds is 10. The SMILES string of the molecule is CCNC(=NCC(C(C)C)N1CCOCC1)N1CCC(OCCCOC)CC1.I. The molecule has 2 rings (SSSR count). The van der Waals surface area contributed by atoms with Gasteiger partial charge in [-0.05, 0) is 32.1 Å². The Labute approximate surface area is 194 Å². The fourth-order valence-corrected chi connectivity index (χ4v) is 3.95. The molecule has 0 amide bonds. The molecular weight excluding hydrogens is 483 g/mol. The topological polar surface area (TPSA) is 58.6 Å². The van der Waals surface area contributed by atoms with Crippen LogP contribution in [0, 0.1) is 5.92 Å². The highest BCUT2D eigenvalue weighted by Gasteiger charge is 2.25. The summed E-state index contributed by atoms with van der Waals surface area (Å²) in [6.07, 6.45) is 3.47. The Hall–Kier alpha value is -0.160. The van der Waals surface area contributed by atoms with Crippen LogP contribution < -0.4 is 5.32 Å². The number of ether oxygens (including phenoxy) is 3. The number of morpholine rings is 1. The van der Waals surface area contributed by atoms with Crippen molar-refractivity contribution in [2.75, 3.05) is 72.8 Å². The van der Waals surface area contributed by atoms with Gasteiger partial charge in [-0.3, -0.25) is 9.89 Å². The largest absolute Gasteiger partial charge is 0.385 e. The van der Waals surface area contributed by atoms with E-state index in [4.69, 9.17) is 19.2 Å². The number of likely N-dealkylation sites (tertiary alicyclic amines) is 1. The number of piperidine rings is 1. The van der Waals surface area contributed by atoms with Crippen molar-refractivity contribution < 1.29 is 14.2 Å². The molecule has 29 heavy (non-hydrogen) atoms. The van der Waals surface area contributed by atoms with Crippen LogP contribution in [0.25, 0.3) is 0 Å².